The van der Waals surface area contributed by atoms with Gasteiger partial charge in [-0.25, -0.2) is 0 Å². The van der Waals surface area contributed by atoms with Crippen LogP contribution in [0.3, 0.4) is 0 Å². The lowest BCUT2D eigenvalue weighted by Gasteiger charge is -2.30. The van der Waals surface area contributed by atoms with E-state index in [1.165, 1.54) is 12.8 Å². The molecule has 2 aliphatic heterocycles. The van der Waals surface area contributed by atoms with E-state index in [0.717, 1.165) is 42.9 Å². The number of carbonyl (C=O) groups excluding carboxylic acids is 2. The van der Waals surface area contributed by atoms with Crippen LogP contribution >= 0.6 is 15.9 Å². The molecule has 0 aliphatic carbocycles. The van der Waals surface area contributed by atoms with E-state index in [1.807, 2.05) is 12.1 Å². The number of nitrogens with zero attached hydrogens (tertiary/aromatic N) is 2. The number of benzene rings is 1. The lowest BCUT2D eigenvalue weighted by atomic mass is 9.99. The molecular formula is C20H28BrN3O2. The fourth-order valence-electron chi connectivity index (χ4n) is 3.78. The van der Waals surface area contributed by atoms with Crippen molar-refractivity contribution in [3.05, 3.63) is 34.3 Å². The molecule has 0 radical (unpaired) electrons. The summed E-state index contributed by atoms with van der Waals surface area (Å²) in [5.41, 5.74) is 0.635. The van der Waals surface area contributed by atoms with Crippen molar-refractivity contribution in [2.45, 2.75) is 38.6 Å². The van der Waals surface area contributed by atoms with E-state index in [1.54, 1.807) is 17.0 Å². The monoisotopic (exact) mass is 421 g/mol. The molecule has 1 aromatic carbocycles. The maximum Gasteiger partial charge on any atom is 0.254 e. The van der Waals surface area contributed by atoms with E-state index < -0.39 is 0 Å². The van der Waals surface area contributed by atoms with E-state index in [-0.39, 0.29) is 17.9 Å². The molecule has 0 spiro atoms. The second-order valence-corrected chi connectivity index (χ2v) is 8.39. The van der Waals surface area contributed by atoms with Gasteiger partial charge in [0.05, 0.1) is 0 Å². The van der Waals surface area contributed by atoms with Crippen molar-refractivity contribution < 1.29 is 9.59 Å². The number of piperidine rings is 1. The van der Waals surface area contributed by atoms with Crippen LogP contribution in [0.25, 0.3) is 0 Å². The average molecular weight is 422 g/mol. The van der Waals surface area contributed by atoms with E-state index >= 15 is 0 Å². The molecule has 2 saturated heterocycles. The summed E-state index contributed by atoms with van der Waals surface area (Å²) >= 11 is 3.38. The van der Waals surface area contributed by atoms with Crippen molar-refractivity contribution in [1.82, 2.24) is 15.1 Å². The molecule has 0 bridgehead atoms. The first-order valence-electron chi connectivity index (χ1n) is 9.61. The second-order valence-electron chi connectivity index (χ2n) is 7.48. The number of likely N-dealkylation sites (tertiary alicyclic amines) is 2. The highest BCUT2D eigenvalue weighted by Gasteiger charge is 2.34. The average Bonchev–Trinajstić information content (AvgIpc) is 3.13. The summed E-state index contributed by atoms with van der Waals surface area (Å²) in [6.45, 7) is 6.74. The summed E-state index contributed by atoms with van der Waals surface area (Å²) in [4.78, 5) is 29.5. The summed E-state index contributed by atoms with van der Waals surface area (Å²) in [6.07, 6.45) is 4.11. The SMILES string of the molecule is CC1CCN(CCNC(=O)C2CCCN2C(=O)c2ccc(Br)cc2)CC1. The Morgan fingerprint density at radius 3 is 2.50 bits per heavy atom. The molecule has 2 aliphatic rings. The molecule has 0 aromatic heterocycles. The van der Waals surface area contributed by atoms with Gasteiger partial charge in [-0.1, -0.05) is 22.9 Å². The molecule has 26 heavy (non-hydrogen) atoms. The molecule has 1 N–H and O–H groups in total. The zero-order valence-electron chi connectivity index (χ0n) is 15.4. The minimum atomic E-state index is -0.340. The number of amides is 2. The fourth-order valence-corrected chi connectivity index (χ4v) is 4.05. The van der Waals surface area contributed by atoms with E-state index in [9.17, 15) is 9.59 Å². The van der Waals surface area contributed by atoms with Crippen LogP contribution in [0.15, 0.2) is 28.7 Å². The summed E-state index contributed by atoms with van der Waals surface area (Å²) in [5.74, 6) is 0.746. The van der Waals surface area contributed by atoms with Crippen LogP contribution in [0.1, 0.15) is 43.0 Å². The first-order valence-corrected chi connectivity index (χ1v) is 10.4. The molecule has 2 fully saturated rings. The Bertz CT molecular complexity index is 626. The van der Waals surface area contributed by atoms with Gasteiger partial charge >= 0.3 is 0 Å². The van der Waals surface area contributed by atoms with Crippen LogP contribution in [0.2, 0.25) is 0 Å². The first kappa shape index (κ1) is 19.4. The molecule has 6 heteroatoms. The van der Waals surface area contributed by atoms with Gasteiger partial charge in [0.15, 0.2) is 0 Å². The molecule has 1 aromatic rings. The van der Waals surface area contributed by atoms with Gasteiger partial charge in [-0.05, 0) is 69.0 Å². The highest BCUT2D eigenvalue weighted by atomic mass is 79.9. The number of halogens is 1. The van der Waals surface area contributed by atoms with Gasteiger partial charge < -0.3 is 15.1 Å². The molecule has 0 saturated carbocycles. The predicted octanol–water partition coefficient (Wildman–Crippen LogP) is 2.90. The zero-order valence-corrected chi connectivity index (χ0v) is 17.0. The van der Waals surface area contributed by atoms with Gasteiger partial charge in [0, 0.05) is 29.7 Å². The lowest BCUT2D eigenvalue weighted by molar-refractivity contribution is -0.124. The molecule has 2 heterocycles. The van der Waals surface area contributed by atoms with Crippen LogP contribution in [0.5, 0.6) is 0 Å². The van der Waals surface area contributed by atoms with Gasteiger partial charge in [-0.15, -0.1) is 0 Å². The van der Waals surface area contributed by atoms with Crippen molar-refractivity contribution in [3.8, 4) is 0 Å². The molecule has 1 atom stereocenters. The largest absolute Gasteiger partial charge is 0.353 e. The summed E-state index contributed by atoms with van der Waals surface area (Å²) in [7, 11) is 0. The second kappa shape index (κ2) is 9.00. The zero-order chi connectivity index (χ0) is 18.5. The van der Waals surface area contributed by atoms with Crippen LogP contribution in [0.4, 0.5) is 0 Å². The molecular weight excluding hydrogens is 394 g/mol. The third-order valence-electron chi connectivity index (χ3n) is 5.51. The van der Waals surface area contributed by atoms with Crippen LogP contribution in [0, 0.1) is 5.92 Å². The van der Waals surface area contributed by atoms with Gasteiger partial charge in [0.2, 0.25) is 5.91 Å². The van der Waals surface area contributed by atoms with Gasteiger partial charge in [0.1, 0.15) is 6.04 Å². The molecule has 2 amide bonds. The van der Waals surface area contributed by atoms with Crippen molar-refractivity contribution in [2.24, 2.45) is 5.92 Å². The standard InChI is InChI=1S/C20H28BrN3O2/c1-15-8-12-23(13-9-15)14-10-22-19(25)18-3-2-11-24(18)20(26)16-4-6-17(21)7-5-16/h4-7,15,18H,2-3,8-14H2,1H3,(H,22,25). The Kier molecular flexibility index (Phi) is 6.70. The number of hydrogen-bond acceptors (Lipinski definition) is 3. The molecule has 5 nitrogen and oxygen atoms in total. The fraction of sp³-hybridized carbons (Fsp3) is 0.600. The third kappa shape index (κ3) is 4.86. The van der Waals surface area contributed by atoms with Crippen molar-refractivity contribution in [1.29, 1.82) is 0 Å². The summed E-state index contributed by atoms with van der Waals surface area (Å²) in [6, 6.07) is 6.98. The first-order chi connectivity index (χ1) is 12.5. The highest BCUT2D eigenvalue weighted by molar-refractivity contribution is 9.10. The highest BCUT2D eigenvalue weighted by Crippen LogP contribution is 2.21. The van der Waals surface area contributed by atoms with Crippen LogP contribution < -0.4 is 5.32 Å². The number of rotatable bonds is 5. The molecule has 142 valence electrons. The maximum atomic E-state index is 12.7. The van der Waals surface area contributed by atoms with Gasteiger partial charge in [-0.3, -0.25) is 9.59 Å². The van der Waals surface area contributed by atoms with Crippen LogP contribution in [-0.4, -0.2) is 60.4 Å². The Hall–Kier alpha value is -1.40. The van der Waals surface area contributed by atoms with E-state index in [0.29, 0.717) is 18.7 Å². The smallest absolute Gasteiger partial charge is 0.254 e. The topological polar surface area (TPSA) is 52.7 Å². The Morgan fingerprint density at radius 1 is 1.12 bits per heavy atom. The Morgan fingerprint density at radius 2 is 1.81 bits per heavy atom. The Balaban J connectivity index is 1.50. The minimum Gasteiger partial charge on any atom is -0.353 e. The van der Waals surface area contributed by atoms with E-state index in [2.05, 4.69) is 33.1 Å². The van der Waals surface area contributed by atoms with Crippen molar-refractivity contribution >= 4 is 27.7 Å². The summed E-state index contributed by atoms with van der Waals surface area (Å²) < 4.78 is 0.942. The maximum absolute atomic E-state index is 12.7. The normalized spacial score (nSPS) is 21.8. The van der Waals surface area contributed by atoms with Crippen LogP contribution in [-0.2, 0) is 4.79 Å². The Labute approximate surface area is 164 Å². The third-order valence-corrected chi connectivity index (χ3v) is 6.04. The number of carbonyl (C=O) groups is 2. The minimum absolute atomic E-state index is 0.0154. The summed E-state index contributed by atoms with van der Waals surface area (Å²) in [5, 5.41) is 3.05. The van der Waals surface area contributed by atoms with E-state index in [4.69, 9.17) is 0 Å². The van der Waals surface area contributed by atoms with Gasteiger partial charge in [0.25, 0.3) is 5.91 Å². The molecule has 1 unspecified atom stereocenters. The van der Waals surface area contributed by atoms with Crippen molar-refractivity contribution in [2.75, 3.05) is 32.7 Å². The quantitative estimate of drug-likeness (QED) is 0.794. The lowest BCUT2D eigenvalue weighted by Crippen LogP contribution is -2.48. The molecule has 3 rings (SSSR count). The van der Waals surface area contributed by atoms with Crippen molar-refractivity contribution in [3.63, 3.8) is 0 Å². The predicted molar refractivity (Wildman–Crippen MR) is 106 cm³/mol. The number of nitrogens with one attached hydrogen (secondary N) is 1. The number of hydrogen-bond donors (Lipinski definition) is 1. The van der Waals surface area contributed by atoms with Gasteiger partial charge in [-0.2, -0.15) is 0 Å².